The summed E-state index contributed by atoms with van der Waals surface area (Å²) in [5.74, 6) is 0.655. The third kappa shape index (κ3) is 4.87. The monoisotopic (exact) mass is 458 g/mol. The molecule has 0 spiro atoms. The number of carbonyl (C=O) groups is 1. The molecule has 1 N–H and O–H groups in total. The average Bonchev–Trinajstić information content (AvgIpc) is 3.39. The molecule has 30 heavy (non-hydrogen) atoms. The first-order valence-electron chi connectivity index (χ1n) is 9.08. The number of nitrogens with zero attached hydrogens (tertiary/aromatic N) is 3. The highest BCUT2D eigenvalue weighted by molar-refractivity contribution is 7.14. The molecule has 0 fully saturated rings. The van der Waals surface area contributed by atoms with E-state index in [4.69, 9.17) is 27.6 Å². The Hall–Kier alpha value is -2.74. The fraction of sp³-hybridized carbons (Fsp3) is 0.143. The van der Waals surface area contributed by atoms with Crippen molar-refractivity contribution in [1.29, 1.82) is 0 Å². The van der Waals surface area contributed by atoms with Gasteiger partial charge in [0.1, 0.15) is 0 Å². The largest absolute Gasteiger partial charge is 0.421 e. The molecule has 1 amide bonds. The van der Waals surface area contributed by atoms with Crippen molar-refractivity contribution in [2.75, 3.05) is 5.32 Å². The summed E-state index contributed by atoms with van der Waals surface area (Å²) < 4.78 is 5.65. The van der Waals surface area contributed by atoms with Crippen molar-refractivity contribution >= 4 is 45.6 Å². The molecule has 4 rings (SSSR count). The highest BCUT2D eigenvalue weighted by Gasteiger charge is 2.13. The molecule has 0 saturated carbocycles. The zero-order valence-electron chi connectivity index (χ0n) is 15.9. The van der Waals surface area contributed by atoms with E-state index in [2.05, 4.69) is 20.5 Å². The number of amides is 1. The predicted molar refractivity (Wildman–Crippen MR) is 119 cm³/mol. The number of halogens is 2. The molecule has 0 unspecified atom stereocenters. The van der Waals surface area contributed by atoms with Crippen LogP contribution in [0.25, 0.3) is 22.7 Å². The average molecular weight is 459 g/mol. The first-order valence-corrected chi connectivity index (χ1v) is 10.7. The Morgan fingerprint density at radius 3 is 2.73 bits per heavy atom. The molecule has 0 saturated heterocycles. The van der Waals surface area contributed by atoms with Crippen LogP contribution in [0.3, 0.4) is 0 Å². The van der Waals surface area contributed by atoms with Gasteiger partial charge in [0.25, 0.3) is 0 Å². The predicted octanol–water partition coefficient (Wildman–Crippen LogP) is 6.05. The van der Waals surface area contributed by atoms with Crippen molar-refractivity contribution in [2.45, 2.75) is 19.8 Å². The van der Waals surface area contributed by atoms with Crippen LogP contribution in [-0.2, 0) is 11.2 Å². The first-order chi connectivity index (χ1) is 14.5. The standard InChI is InChI=1S/C21H16Cl2N4O2S/c1-12-2-4-13(5-3-12)20-27-26-19(29-20)9-8-18(28)25-21-24-17(11-30-21)15-10-14(22)6-7-16(15)23/h2-7,10-11H,8-9H2,1H3,(H,24,25,28). The Labute approximate surface area is 186 Å². The van der Waals surface area contributed by atoms with Crippen molar-refractivity contribution in [2.24, 2.45) is 0 Å². The van der Waals surface area contributed by atoms with Crippen molar-refractivity contribution < 1.29 is 9.21 Å². The molecule has 6 nitrogen and oxygen atoms in total. The Kier molecular flexibility index (Phi) is 6.13. The smallest absolute Gasteiger partial charge is 0.247 e. The number of nitrogens with one attached hydrogen (secondary N) is 1. The third-order valence-electron chi connectivity index (χ3n) is 4.29. The zero-order valence-corrected chi connectivity index (χ0v) is 18.2. The highest BCUT2D eigenvalue weighted by Crippen LogP contribution is 2.32. The second-order valence-electron chi connectivity index (χ2n) is 6.58. The van der Waals surface area contributed by atoms with Crippen molar-refractivity contribution in [3.8, 4) is 22.7 Å². The summed E-state index contributed by atoms with van der Waals surface area (Å²) in [5.41, 5.74) is 3.37. The van der Waals surface area contributed by atoms with Gasteiger partial charge in [-0.1, -0.05) is 40.9 Å². The second-order valence-corrected chi connectivity index (χ2v) is 8.28. The first kappa shape index (κ1) is 20.5. The van der Waals surface area contributed by atoms with Crippen LogP contribution in [0.15, 0.2) is 52.3 Å². The maximum absolute atomic E-state index is 12.3. The number of thiazole rings is 1. The van der Waals surface area contributed by atoms with E-state index >= 15 is 0 Å². The van der Waals surface area contributed by atoms with Gasteiger partial charge in [0.2, 0.25) is 17.7 Å². The van der Waals surface area contributed by atoms with Crippen molar-refractivity contribution in [1.82, 2.24) is 15.2 Å². The lowest BCUT2D eigenvalue weighted by Crippen LogP contribution is -2.12. The van der Waals surface area contributed by atoms with E-state index in [-0.39, 0.29) is 12.3 Å². The van der Waals surface area contributed by atoms with Gasteiger partial charge < -0.3 is 9.73 Å². The van der Waals surface area contributed by atoms with E-state index in [0.29, 0.717) is 39.1 Å². The summed E-state index contributed by atoms with van der Waals surface area (Å²) in [5, 5.41) is 14.3. The molecule has 9 heteroatoms. The molecular formula is C21H16Cl2N4O2S. The van der Waals surface area contributed by atoms with Gasteiger partial charge in [-0.2, -0.15) is 0 Å². The van der Waals surface area contributed by atoms with Crippen LogP contribution in [0.5, 0.6) is 0 Å². The van der Waals surface area contributed by atoms with Gasteiger partial charge in [0, 0.05) is 34.4 Å². The summed E-state index contributed by atoms with van der Waals surface area (Å²) in [6.07, 6.45) is 0.533. The molecule has 152 valence electrons. The SMILES string of the molecule is Cc1ccc(-c2nnc(CCC(=O)Nc3nc(-c4cc(Cl)ccc4Cl)cs3)o2)cc1. The lowest BCUT2D eigenvalue weighted by atomic mass is 10.1. The Bertz CT molecular complexity index is 1190. The Morgan fingerprint density at radius 2 is 1.93 bits per heavy atom. The van der Waals surface area contributed by atoms with Gasteiger partial charge in [0.05, 0.1) is 10.7 Å². The van der Waals surface area contributed by atoms with Crippen LogP contribution < -0.4 is 5.32 Å². The Balaban J connectivity index is 1.35. The normalized spacial score (nSPS) is 10.9. The summed E-state index contributed by atoms with van der Waals surface area (Å²) in [4.78, 5) is 16.7. The van der Waals surface area contributed by atoms with Crippen molar-refractivity contribution in [3.05, 3.63) is 69.3 Å². The van der Waals surface area contributed by atoms with E-state index in [9.17, 15) is 4.79 Å². The molecule has 0 aliphatic heterocycles. The van der Waals surface area contributed by atoms with E-state index in [0.717, 1.165) is 16.7 Å². The summed E-state index contributed by atoms with van der Waals surface area (Å²) in [7, 11) is 0. The number of hydrogen-bond acceptors (Lipinski definition) is 6. The van der Waals surface area contributed by atoms with Gasteiger partial charge in [-0.25, -0.2) is 4.98 Å². The maximum Gasteiger partial charge on any atom is 0.247 e. The van der Waals surface area contributed by atoms with Crippen LogP contribution >= 0.6 is 34.5 Å². The van der Waals surface area contributed by atoms with Gasteiger partial charge in [-0.05, 0) is 37.3 Å². The fourth-order valence-electron chi connectivity index (χ4n) is 2.72. The van der Waals surface area contributed by atoms with E-state index in [1.807, 2.05) is 36.6 Å². The number of benzene rings is 2. The van der Waals surface area contributed by atoms with Crippen LogP contribution in [-0.4, -0.2) is 21.1 Å². The van der Waals surface area contributed by atoms with Crippen LogP contribution in [0.2, 0.25) is 10.0 Å². The quantitative estimate of drug-likeness (QED) is 0.380. The molecule has 2 aromatic carbocycles. The lowest BCUT2D eigenvalue weighted by molar-refractivity contribution is -0.116. The van der Waals surface area contributed by atoms with E-state index in [1.165, 1.54) is 11.3 Å². The number of rotatable bonds is 6. The molecule has 0 radical (unpaired) electrons. The van der Waals surface area contributed by atoms with Crippen molar-refractivity contribution in [3.63, 3.8) is 0 Å². The second kappa shape index (κ2) is 8.95. The highest BCUT2D eigenvalue weighted by atomic mass is 35.5. The van der Waals surface area contributed by atoms with Crippen LogP contribution in [0, 0.1) is 6.92 Å². The van der Waals surface area contributed by atoms with E-state index < -0.39 is 0 Å². The van der Waals surface area contributed by atoms with Crippen LogP contribution in [0.4, 0.5) is 5.13 Å². The summed E-state index contributed by atoms with van der Waals surface area (Å²) >= 11 is 13.6. The molecule has 0 aliphatic carbocycles. The third-order valence-corrected chi connectivity index (χ3v) is 5.61. The fourth-order valence-corrected chi connectivity index (χ4v) is 3.83. The molecule has 0 atom stereocenters. The zero-order chi connectivity index (χ0) is 21.1. The number of carbonyl (C=O) groups excluding carboxylic acids is 1. The van der Waals surface area contributed by atoms with Gasteiger partial charge in [0.15, 0.2) is 5.13 Å². The van der Waals surface area contributed by atoms with E-state index in [1.54, 1.807) is 18.2 Å². The summed E-state index contributed by atoms with van der Waals surface area (Å²) in [6.45, 7) is 2.01. The Morgan fingerprint density at radius 1 is 1.13 bits per heavy atom. The molecule has 0 bridgehead atoms. The molecule has 2 aromatic heterocycles. The van der Waals surface area contributed by atoms with Gasteiger partial charge >= 0.3 is 0 Å². The minimum atomic E-state index is -0.192. The minimum Gasteiger partial charge on any atom is -0.421 e. The van der Waals surface area contributed by atoms with Gasteiger partial charge in [-0.15, -0.1) is 21.5 Å². The lowest BCUT2D eigenvalue weighted by Gasteiger charge is -2.02. The molecular weight excluding hydrogens is 443 g/mol. The topological polar surface area (TPSA) is 80.9 Å². The molecule has 4 aromatic rings. The molecule has 2 heterocycles. The number of aryl methyl sites for hydroxylation is 2. The van der Waals surface area contributed by atoms with Gasteiger partial charge in [-0.3, -0.25) is 4.79 Å². The molecule has 0 aliphatic rings. The minimum absolute atomic E-state index is 0.192. The summed E-state index contributed by atoms with van der Waals surface area (Å²) in [6, 6.07) is 13.0. The number of anilines is 1. The number of hydrogen-bond donors (Lipinski definition) is 1. The number of aromatic nitrogens is 3. The van der Waals surface area contributed by atoms with Crippen LogP contribution in [0.1, 0.15) is 17.9 Å². The maximum atomic E-state index is 12.3.